The normalized spacial score (nSPS) is 15.2. The van der Waals surface area contributed by atoms with Gasteiger partial charge in [0.25, 0.3) is 0 Å². The number of carbonyl (C=O) groups is 1. The Labute approximate surface area is 184 Å². The number of hydrogen-bond acceptors (Lipinski definition) is 4. The fourth-order valence-corrected chi connectivity index (χ4v) is 4.22. The molecule has 0 bridgehead atoms. The highest BCUT2D eigenvalue weighted by molar-refractivity contribution is 5.85. The molecule has 3 aromatic rings. The molecule has 1 amide bonds. The van der Waals surface area contributed by atoms with Gasteiger partial charge < -0.3 is 9.64 Å². The van der Waals surface area contributed by atoms with E-state index in [1.54, 1.807) is 12.0 Å². The van der Waals surface area contributed by atoms with E-state index in [9.17, 15) is 4.79 Å². The summed E-state index contributed by atoms with van der Waals surface area (Å²) in [5.41, 5.74) is 2.45. The van der Waals surface area contributed by atoms with Crippen molar-refractivity contribution in [2.24, 2.45) is 0 Å². The minimum absolute atomic E-state index is 0.158. The molecule has 162 valence electrons. The molecule has 1 aliphatic rings. The second-order valence-electron chi connectivity index (χ2n) is 8.29. The van der Waals surface area contributed by atoms with E-state index in [1.165, 1.54) is 16.3 Å². The maximum absolute atomic E-state index is 12.7. The van der Waals surface area contributed by atoms with Gasteiger partial charge in [0.2, 0.25) is 5.91 Å². The zero-order valence-electron chi connectivity index (χ0n) is 18.5. The summed E-state index contributed by atoms with van der Waals surface area (Å²) in [5.74, 6) is 0.978. The number of fused-ring (bicyclic) bond motifs is 1. The van der Waals surface area contributed by atoms with Crippen molar-refractivity contribution in [1.29, 1.82) is 0 Å². The van der Waals surface area contributed by atoms with E-state index in [0.29, 0.717) is 13.1 Å². The lowest BCUT2D eigenvalue weighted by Gasteiger charge is -2.35. The summed E-state index contributed by atoms with van der Waals surface area (Å²) in [5, 5.41) is 2.63. The molecule has 0 aliphatic carbocycles. The van der Waals surface area contributed by atoms with Crippen LogP contribution in [0.4, 0.5) is 0 Å². The standard InChI is InChI=1S/C26H31N3O2/c1-27(18-21-7-5-11-24(17-21)31-2)26(30)20-29-15-13-28(14-16-29)19-23-10-6-9-22-8-3-4-12-25(22)23/h3-12,17H,13-16,18-20H2,1-2H3. The SMILES string of the molecule is COc1cccc(CN(C)C(=O)CN2CCN(Cc3cccc4ccccc34)CC2)c1. The summed E-state index contributed by atoms with van der Waals surface area (Å²) in [4.78, 5) is 19.3. The second kappa shape index (κ2) is 9.94. The van der Waals surface area contributed by atoms with E-state index in [-0.39, 0.29) is 5.91 Å². The molecule has 4 rings (SSSR count). The lowest BCUT2D eigenvalue weighted by Crippen LogP contribution is -2.49. The third-order valence-corrected chi connectivity index (χ3v) is 6.08. The Bertz CT molecular complexity index is 1020. The van der Waals surface area contributed by atoms with Crippen LogP contribution in [0.15, 0.2) is 66.7 Å². The summed E-state index contributed by atoms with van der Waals surface area (Å²) in [6.07, 6.45) is 0. The summed E-state index contributed by atoms with van der Waals surface area (Å²) in [6.45, 7) is 5.83. The number of hydrogen-bond donors (Lipinski definition) is 0. The molecule has 0 N–H and O–H groups in total. The maximum Gasteiger partial charge on any atom is 0.236 e. The predicted molar refractivity (Wildman–Crippen MR) is 125 cm³/mol. The third-order valence-electron chi connectivity index (χ3n) is 6.08. The van der Waals surface area contributed by atoms with Crippen LogP contribution < -0.4 is 4.74 Å². The molecule has 0 radical (unpaired) electrons. The van der Waals surface area contributed by atoms with Gasteiger partial charge in [0.1, 0.15) is 5.75 Å². The Balaban J connectivity index is 1.27. The first-order valence-electron chi connectivity index (χ1n) is 10.9. The molecular formula is C26H31N3O2. The van der Waals surface area contributed by atoms with Crippen molar-refractivity contribution in [2.45, 2.75) is 13.1 Å². The lowest BCUT2D eigenvalue weighted by atomic mass is 10.0. The smallest absolute Gasteiger partial charge is 0.236 e. The number of piperazine rings is 1. The number of carbonyl (C=O) groups excluding carboxylic acids is 1. The van der Waals surface area contributed by atoms with Crippen molar-refractivity contribution in [3.63, 3.8) is 0 Å². The fraction of sp³-hybridized carbons (Fsp3) is 0.346. The Hall–Kier alpha value is -2.89. The Morgan fingerprint density at radius 3 is 2.45 bits per heavy atom. The van der Waals surface area contributed by atoms with E-state index < -0.39 is 0 Å². The van der Waals surface area contributed by atoms with Gasteiger partial charge in [-0.3, -0.25) is 14.6 Å². The molecule has 1 fully saturated rings. The van der Waals surface area contributed by atoms with Crippen LogP contribution >= 0.6 is 0 Å². The minimum atomic E-state index is 0.158. The van der Waals surface area contributed by atoms with Crippen LogP contribution in [0.1, 0.15) is 11.1 Å². The van der Waals surface area contributed by atoms with Crippen LogP contribution in [-0.2, 0) is 17.9 Å². The molecule has 0 unspecified atom stereocenters. The largest absolute Gasteiger partial charge is 0.497 e. The van der Waals surface area contributed by atoms with Crippen LogP contribution in [-0.4, -0.2) is 67.5 Å². The average Bonchev–Trinajstić information content (AvgIpc) is 2.80. The van der Waals surface area contributed by atoms with Crippen molar-refractivity contribution in [3.8, 4) is 5.75 Å². The fourth-order valence-electron chi connectivity index (χ4n) is 4.22. The summed E-state index contributed by atoms with van der Waals surface area (Å²) in [6, 6.07) is 23.0. The van der Waals surface area contributed by atoms with Gasteiger partial charge in [0.15, 0.2) is 0 Å². The molecule has 3 aromatic carbocycles. The van der Waals surface area contributed by atoms with Crippen molar-refractivity contribution in [1.82, 2.24) is 14.7 Å². The van der Waals surface area contributed by atoms with Crippen LogP contribution in [0.3, 0.4) is 0 Å². The van der Waals surface area contributed by atoms with E-state index in [4.69, 9.17) is 4.74 Å². The number of ether oxygens (including phenoxy) is 1. The number of likely N-dealkylation sites (N-methyl/N-ethyl adjacent to an activating group) is 1. The van der Waals surface area contributed by atoms with Crippen molar-refractivity contribution >= 4 is 16.7 Å². The monoisotopic (exact) mass is 417 g/mol. The van der Waals surface area contributed by atoms with Gasteiger partial charge in [0, 0.05) is 46.3 Å². The first kappa shape index (κ1) is 21.3. The van der Waals surface area contributed by atoms with E-state index in [2.05, 4.69) is 52.3 Å². The number of nitrogens with zero attached hydrogens (tertiary/aromatic N) is 3. The van der Waals surface area contributed by atoms with Gasteiger partial charge in [-0.1, -0.05) is 54.6 Å². The lowest BCUT2D eigenvalue weighted by molar-refractivity contribution is -0.132. The quantitative estimate of drug-likeness (QED) is 0.588. The van der Waals surface area contributed by atoms with Gasteiger partial charge in [-0.15, -0.1) is 0 Å². The predicted octanol–water partition coefficient (Wildman–Crippen LogP) is 3.62. The Morgan fingerprint density at radius 2 is 1.65 bits per heavy atom. The van der Waals surface area contributed by atoms with Gasteiger partial charge in [0.05, 0.1) is 13.7 Å². The molecule has 0 aromatic heterocycles. The average molecular weight is 418 g/mol. The summed E-state index contributed by atoms with van der Waals surface area (Å²) in [7, 11) is 3.53. The molecule has 1 saturated heterocycles. The first-order valence-corrected chi connectivity index (χ1v) is 10.9. The molecular weight excluding hydrogens is 386 g/mol. The van der Waals surface area contributed by atoms with Crippen molar-refractivity contribution in [2.75, 3.05) is 46.9 Å². The molecule has 31 heavy (non-hydrogen) atoms. The molecule has 0 spiro atoms. The third kappa shape index (κ3) is 5.43. The van der Waals surface area contributed by atoms with E-state index in [0.717, 1.165) is 44.0 Å². The highest BCUT2D eigenvalue weighted by atomic mass is 16.5. The van der Waals surface area contributed by atoms with E-state index in [1.807, 2.05) is 31.3 Å². The molecule has 1 heterocycles. The Morgan fingerprint density at radius 1 is 0.935 bits per heavy atom. The van der Waals surface area contributed by atoms with Crippen molar-refractivity contribution < 1.29 is 9.53 Å². The number of amides is 1. The summed E-state index contributed by atoms with van der Waals surface area (Å²) >= 11 is 0. The highest BCUT2D eigenvalue weighted by Crippen LogP contribution is 2.20. The topological polar surface area (TPSA) is 36.0 Å². The van der Waals surface area contributed by atoms with Crippen LogP contribution in [0.5, 0.6) is 5.75 Å². The molecule has 1 aliphatic heterocycles. The van der Waals surface area contributed by atoms with Crippen molar-refractivity contribution in [3.05, 3.63) is 77.9 Å². The Kier molecular flexibility index (Phi) is 6.85. The van der Waals surface area contributed by atoms with Crippen LogP contribution in [0.2, 0.25) is 0 Å². The molecule has 0 saturated carbocycles. The van der Waals surface area contributed by atoms with Crippen LogP contribution in [0, 0.1) is 0 Å². The molecule has 5 nitrogen and oxygen atoms in total. The first-order chi connectivity index (χ1) is 15.1. The van der Waals surface area contributed by atoms with E-state index >= 15 is 0 Å². The van der Waals surface area contributed by atoms with Gasteiger partial charge in [-0.2, -0.15) is 0 Å². The van der Waals surface area contributed by atoms with Gasteiger partial charge in [-0.25, -0.2) is 0 Å². The molecule has 0 atom stereocenters. The minimum Gasteiger partial charge on any atom is -0.497 e. The van der Waals surface area contributed by atoms with Crippen LogP contribution in [0.25, 0.3) is 10.8 Å². The number of rotatable bonds is 7. The molecule has 5 heteroatoms. The highest BCUT2D eigenvalue weighted by Gasteiger charge is 2.21. The number of methoxy groups -OCH3 is 1. The maximum atomic E-state index is 12.7. The summed E-state index contributed by atoms with van der Waals surface area (Å²) < 4.78 is 5.28. The number of benzene rings is 3. The van der Waals surface area contributed by atoms with Gasteiger partial charge >= 0.3 is 0 Å². The zero-order valence-corrected chi connectivity index (χ0v) is 18.5. The second-order valence-corrected chi connectivity index (χ2v) is 8.29. The zero-order chi connectivity index (χ0) is 21.6. The van der Waals surface area contributed by atoms with Gasteiger partial charge in [-0.05, 0) is 34.0 Å².